The van der Waals surface area contributed by atoms with Gasteiger partial charge in [0.25, 0.3) is 11.8 Å². The number of likely N-dealkylation sites (tertiary alicyclic amines) is 1. The molecule has 1 fully saturated rings. The summed E-state index contributed by atoms with van der Waals surface area (Å²) in [6.07, 6.45) is 2.15. The summed E-state index contributed by atoms with van der Waals surface area (Å²) in [6.45, 7) is 0.559. The molecule has 0 bridgehead atoms. The molecule has 0 N–H and O–H groups in total. The fourth-order valence-electron chi connectivity index (χ4n) is 3.91. The van der Waals surface area contributed by atoms with E-state index in [1.54, 1.807) is 36.4 Å². The Bertz CT molecular complexity index is 1240. The van der Waals surface area contributed by atoms with Crippen LogP contribution in [0.1, 0.15) is 18.4 Å². The SMILES string of the molecule is O=C(C1CCCN1C(=O)OCc1ccccc1)N(c1ccccc1)c1nnc(-c2ccco2)o1. The Balaban J connectivity index is 1.39. The van der Waals surface area contributed by atoms with Crippen molar-refractivity contribution in [1.82, 2.24) is 15.1 Å². The summed E-state index contributed by atoms with van der Waals surface area (Å²) >= 11 is 0. The van der Waals surface area contributed by atoms with Gasteiger partial charge in [-0.15, -0.1) is 5.10 Å². The van der Waals surface area contributed by atoms with E-state index in [1.165, 1.54) is 16.1 Å². The van der Waals surface area contributed by atoms with Crippen LogP contribution >= 0.6 is 0 Å². The van der Waals surface area contributed by atoms with Crippen LogP contribution < -0.4 is 4.90 Å². The lowest BCUT2D eigenvalue weighted by atomic mass is 10.2. The normalized spacial score (nSPS) is 15.3. The molecule has 0 saturated carbocycles. The Morgan fingerprint density at radius 2 is 1.76 bits per heavy atom. The van der Waals surface area contributed by atoms with E-state index in [0.717, 1.165) is 5.56 Å². The topological polar surface area (TPSA) is 102 Å². The van der Waals surface area contributed by atoms with Gasteiger partial charge in [0.15, 0.2) is 5.76 Å². The highest BCUT2D eigenvalue weighted by molar-refractivity contribution is 6.03. The molecular formula is C25H22N4O5. The largest absolute Gasteiger partial charge is 0.459 e. The maximum atomic E-state index is 13.8. The summed E-state index contributed by atoms with van der Waals surface area (Å²) < 4.78 is 16.6. The molecule has 4 aromatic rings. The van der Waals surface area contributed by atoms with Gasteiger partial charge in [0.2, 0.25) is 0 Å². The predicted octanol–water partition coefficient (Wildman–Crippen LogP) is 4.80. The molecule has 0 radical (unpaired) electrons. The second kappa shape index (κ2) is 9.62. The van der Waals surface area contributed by atoms with Crippen LogP contribution in [0.2, 0.25) is 0 Å². The van der Waals surface area contributed by atoms with E-state index in [4.69, 9.17) is 13.6 Å². The minimum Gasteiger partial charge on any atom is -0.459 e. The van der Waals surface area contributed by atoms with E-state index in [9.17, 15) is 9.59 Å². The van der Waals surface area contributed by atoms with Crippen LogP contribution in [0.3, 0.4) is 0 Å². The molecule has 1 unspecified atom stereocenters. The van der Waals surface area contributed by atoms with Crippen molar-refractivity contribution in [2.24, 2.45) is 0 Å². The van der Waals surface area contributed by atoms with Crippen molar-refractivity contribution in [2.75, 3.05) is 11.4 Å². The summed E-state index contributed by atoms with van der Waals surface area (Å²) in [7, 11) is 0. The molecule has 172 valence electrons. The zero-order valence-electron chi connectivity index (χ0n) is 18.2. The van der Waals surface area contributed by atoms with E-state index in [-0.39, 0.29) is 24.4 Å². The molecule has 9 heteroatoms. The first-order chi connectivity index (χ1) is 16.7. The Kier molecular flexibility index (Phi) is 6.07. The van der Waals surface area contributed by atoms with Gasteiger partial charge in [0.05, 0.1) is 12.0 Å². The number of carbonyl (C=O) groups is 2. The van der Waals surface area contributed by atoms with Crippen molar-refractivity contribution in [1.29, 1.82) is 0 Å². The average Bonchev–Trinajstić information content (AvgIpc) is 3.66. The van der Waals surface area contributed by atoms with Crippen LogP contribution in [0.25, 0.3) is 11.7 Å². The van der Waals surface area contributed by atoms with Crippen molar-refractivity contribution in [3.05, 3.63) is 84.6 Å². The number of hydrogen-bond acceptors (Lipinski definition) is 7. The molecule has 0 aliphatic carbocycles. The lowest BCUT2D eigenvalue weighted by Gasteiger charge is -2.27. The third kappa shape index (κ3) is 4.40. The number of anilines is 2. The zero-order valence-corrected chi connectivity index (χ0v) is 18.2. The molecule has 3 heterocycles. The second-order valence-corrected chi connectivity index (χ2v) is 7.77. The van der Waals surface area contributed by atoms with Gasteiger partial charge in [0, 0.05) is 6.54 Å². The Morgan fingerprint density at radius 3 is 2.50 bits per heavy atom. The van der Waals surface area contributed by atoms with E-state index in [0.29, 0.717) is 30.8 Å². The number of amides is 2. The maximum Gasteiger partial charge on any atom is 0.410 e. The van der Waals surface area contributed by atoms with Crippen LogP contribution in [0.4, 0.5) is 16.5 Å². The van der Waals surface area contributed by atoms with Gasteiger partial charge >= 0.3 is 12.1 Å². The zero-order chi connectivity index (χ0) is 23.3. The molecule has 2 aromatic carbocycles. The Labute approximate surface area is 195 Å². The summed E-state index contributed by atoms with van der Waals surface area (Å²) in [4.78, 5) is 29.4. The average molecular weight is 458 g/mol. The number of aromatic nitrogens is 2. The molecule has 1 atom stereocenters. The lowest BCUT2D eigenvalue weighted by molar-refractivity contribution is -0.122. The fourth-order valence-corrected chi connectivity index (χ4v) is 3.91. The van der Waals surface area contributed by atoms with Crippen LogP contribution in [-0.2, 0) is 16.1 Å². The van der Waals surface area contributed by atoms with Gasteiger partial charge in [-0.25, -0.2) is 9.69 Å². The number of furan rings is 1. The Hall–Kier alpha value is -4.40. The van der Waals surface area contributed by atoms with Crippen molar-refractivity contribution in [3.8, 4) is 11.7 Å². The highest BCUT2D eigenvalue weighted by Gasteiger charge is 2.40. The van der Waals surface area contributed by atoms with Gasteiger partial charge < -0.3 is 13.6 Å². The highest BCUT2D eigenvalue weighted by atomic mass is 16.6. The first-order valence-electron chi connectivity index (χ1n) is 10.9. The molecule has 2 amide bonds. The van der Waals surface area contributed by atoms with Gasteiger partial charge in [-0.05, 0) is 42.7 Å². The van der Waals surface area contributed by atoms with Crippen molar-refractivity contribution >= 4 is 23.7 Å². The van der Waals surface area contributed by atoms with Crippen LogP contribution in [0.5, 0.6) is 0 Å². The van der Waals surface area contributed by atoms with Crippen molar-refractivity contribution < 1.29 is 23.2 Å². The smallest absolute Gasteiger partial charge is 0.410 e. The predicted molar refractivity (Wildman–Crippen MR) is 122 cm³/mol. The standard InChI is InChI=1S/C25H22N4O5/c30-23(20-13-7-15-28(20)25(31)33-17-18-9-3-1-4-10-18)29(19-11-5-2-6-12-19)24-27-26-22(34-24)21-14-8-16-32-21/h1-6,8-12,14,16,20H,7,13,15,17H2. The van der Waals surface area contributed by atoms with E-state index >= 15 is 0 Å². The molecule has 0 spiro atoms. The van der Waals surface area contributed by atoms with Gasteiger partial charge in [0.1, 0.15) is 12.6 Å². The first-order valence-corrected chi connectivity index (χ1v) is 10.9. The molecule has 9 nitrogen and oxygen atoms in total. The summed E-state index contributed by atoms with van der Waals surface area (Å²) in [5.74, 6) is 0.195. The molecule has 5 rings (SSSR count). The number of carbonyl (C=O) groups excluding carboxylic acids is 2. The Morgan fingerprint density at radius 1 is 1.00 bits per heavy atom. The van der Waals surface area contributed by atoms with Crippen molar-refractivity contribution in [3.63, 3.8) is 0 Å². The molecule has 1 saturated heterocycles. The molecular weight excluding hydrogens is 436 g/mol. The van der Waals surface area contributed by atoms with E-state index in [1.807, 2.05) is 36.4 Å². The maximum absolute atomic E-state index is 13.8. The van der Waals surface area contributed by atoms with Crippen LogP contribution in [0, 0.1) is 0 Å². The van der Waals surface area contributed by atoms with E-state index < -0.39 is 12.1 Å². The number of hydrogen-bond donors (Lipinski definition) is 0. The number of rotatable bonds is 6. The number of benzene rings is 2. The molecule has 2 aromatic heterocycles. The van der Waals surface area contributed by atoms with Crippen LogP contribution in [0.15, 0.2) is 87.9 Å². The molecule has 1 aliphatic rings. The summed E-state index contributed by atoms with van der Waals surface area (Å²) in [5.41, 5.74) is 1.42. The van der Waals surface area contributed by atoms with Crippen molar-refractivity contribution in [2.45, 2.75) is 25.5 Å². The first kappa shape index (κ1) is 21.4. The number of ether oxygens (including phenoxy) is 1. The summed E-state index contributed by atoms with van der Waals surface area (Å²) in [5, 5.41) is 8.10. The minimum atomic E-state index is -0.720. The number of nitrogens with zero attached hydrogens (tertiary/aromatic N) is 4. The quantitative estimate of drug-likeness (QED) is 0.409. The van der Waals surface area contributed by atoms with E-state index in [2.05, 4.69) is 10.2 Å². The van der Waals surface area contributed by atoms with Gasteiger partial charge in [-0.3, -0.25) is 9.69 Å². The highest BCUT2D eigenvalue weighted by Crippen LogP contribution is 2.31. The molecule has 34 heavy (non-hydrogen) atoms. The fraction of sp³-hybridized carbons (Fsp3) is 0.200. The van der Waals surface area contributed by atoms with Crippen LogP contribution in [-0.4, -0.2) is 39.7 Å². The lowest BCUT2D eigenvalue weighted by Crippen LogP contribution is -2.46. The second-order valence-electron chi connectivity index (χ2n) is 7.77. The van der Waals surface area contributed by atoms with Gasteiger partial charge in [-0.2, -0.15) is 0 Å². The third-order valence-corrected chi connectivity index (χ3v) is 5.55. The monoisotopic (exact) mass is 458 g/mol. The molecule has 1 aliphatic heterocycles. The minimum absolute atomic E-state index is 0.00731. The summed E-state index contributed by atoms with van der Waals surface area (Å²) in [6, 6.07) is 21.1. The number of para-hydroxylation sites is 1. The van der Waals surface area contributed by atoms with Gasteiger partial charge in [-0.1, -0.05) is 53.6 Å². The third-order valence-electron chi connectivity index (χ3n) is 5.55.